The van der Waals surface area contributed by atoms with E-state index in [1.165, 1.54) is 0 Å². The third-order valence-electron chi connectivity index (χ3n) is 0. The zero-order valence-corrected chi connectivity index (χ0v) is 5.24. The van der Waals surface area contributed by atoms with Gasteiger partial charge in [-0.1, -0.05) is 0 Å². The molecule has 7 heavy (non-hydrogen) atoms. The molecular formula is H4CaCrO4V. The Hall–Kier alpha value is 1.90. The van der Waals surface area contributed by atoms with Gasteiger partial charge in [0.2, 0.25) is 0 Å². The predicted molar refractivity (Wildman–Crippen MR) is 14.4 cm³/mol. The van der Waals surface area contributed by atoms with Gasteiger partial charge in [0.25, 0.3) is 0 Å². The van der Waals surface area contributed by atoms with E-state index >= 15 is 0 Å². The Morgan fingerprint density at radius 1 is 1.14 bits per heavy atom. The van der Waals surface area contributed by atoms with Crippen molar-refractivity contribution >= 4 is 37.7 Å². The van der Waals surface area contributed by atoms with Crippen LogP contribution in [-0.2, 0) is 39.8 Å². The Labute approximate surface area is 84.6 Å². The van der Waals surface area contributed by atoms with Crippen molar-refractivity contribution in [3.8, 4) is 0 Å². The van der Waals surface area contributed by atoms with Crippen molar-refractivity contribution in [2.24, 2.45) is 0 Å². The Kier molecular flexibility index (Phi) is 13.7. The van der Waals surface area contributed by atoms with E-state index in [4.69, 9.17) is 15.9 Å². The van der Waals surface area contributed by atoms with Gasteiger partial charge in [-0.2, -0.15) is 0 Å². The van der Waals surface area contributed by atoms with Crippen LogP contribution in [0.25, 0.3) is 0 Å². The molecule has 0 fully saturated rings. The van der Waals surface area contributed by atoms with Crippen molar-refractivity contribution in [2.75, 3.05) is 0 Å². The van der Waals surface area contributed by atoms with Gasteiger partial charge in [0.05, 0.1) is 0 Å². The first kappa shape index (κ1) is 16.0. The largest absolute Gasteiger partial charge is 0 e. The summed E-state index contributed by atoms with van der Waals surface area (Å²) in [5, 5.41) is 0. The third kappa shape index (κ3) is 76.3. The van der Waals surface area contributed by atoms with E-state index < -0.39 is 13.6 Å². The SMILES string of the molecule is [CaH2].[O]=[Cr](=[O])([OH])[OH].[V]. The van der Waals surface area contributed by atoms with Crippen LogP contribution in [0, 0.1) is 0 Å². The number of rotatable bonds is 0. The monoisotopic (exact) mass is 211 g/mol. The molecule has 2 N–H and O–H groups in total. The van der Waals surface area contributed by atoms with Gasteiger partial charge < -0.3 is 0 Å². The minimum atomic E-state index is -5.25. The number of hydrogen-bond donors (Lipinski definition) is 2. The van der Waals surface area contributed by atoms with Crippen LogP contribution in [0.15, 0.2) is 0 Å². The van der Waals surface area contributed by atoms with Crippen LogP contribution in [0.2, 0.25) is 0 Å². The molecule has 0 spiro atoms. The summed E-state index contributed by atoms with van der Waals surface area (Å²) in [6.07, 6.45) is 0. The zero-order chi connectivity index (χ0) is 4.50. The Morgan fingerprint density at radius 3 is 1.14 bits per heavy atom. The van der Waals surface area contributed by atoms with Crippen molar-refractivity contribution in [3.63, 3.8) is 0 Å². The predicted octanol–water partition coefficient (Wildman–Crippen LogP) is -2.27. The standard InChI is InChI=1S/Ca.Cr.2H2O.2O.V.2H/h;;2*1H2;;;;;/q;+2;;;;;;;/p-2. The van der Waals surface area contributed by atoms with Gasteiger partial charge in [0.1, 0.15) is 0 Å². The molecule has 0 aromatic rings. The summed E-state index contributed by atoms with van der Waals surface area (Å²) in [5.41, 5.74) is 0. The molecule has 41 valence electrons. The van der Waals surface area contributed by atoms with E-state index in [0.29, 0.717) is 0 Å². The van der Waals surface area contributed by atoms with Crippen LogP contribution in [-0.4, -0.2) is 46.1 Å². The van der Waals surface area contributed by atoms with Crippen LogP contribution >= 0.6 is 0 Å². The average molecular weight is 211 g/mol. The zero-order valence-electron chi connectivity index (χ0n) is 2.57. The van der Waals surface area contributed by atoms with Crippen molar-refractivity contribution in [3.05, 3.63) is 0 Å². The molecule has 0 aliphatic heterocycles. The van der Waals surface area contributed by atoms with Crippen LogP contribution in [0.5, 0.6) is 0 Å². The minimum Gasteiger partial charge on any atom is 0 e. The van der Waals surface area contributed by atoms with Gasteiger partial charge in [-0.05, 0) is 0 Å². The molecule has 0 amide bonds. The van der Waals surface area contributed by atoms with Gasteiger partial charge in [-0.3, -0.25) is 0 Å². The average Bonchev–Trinajstić information content (AvgIpc) is 0.722. The van der Waals surface area contributed by atoms with E-state index in [1.807, 2.05) is 0 Å². The molecule has 0 saturated heterocycles. The molecular weight excluding hydrogens is 207 g/mol. The maximum absolute atomic E-state index is 8.82. The Morgan fingerprint density at radius 2 is 1.14 bits per heavy atom. The van der Waals surface area contributed by atoms with Crippen molar-refractivity contribution in [1.82, 2.24) is 0 Å². The Balaban J connectivity index is -0.0000000800. The van der Waals surface area contributed by atoms with Crippen molar-refractivity contribution in [1.29, 1.82) is 0 Å². The summed E-state index contributed by atoms with van der Waals surface area (Å²) < 4.78 is 31.9. The number of hydrogen-bond acceptors (Lipinski definition) is 2. The van der Waals surface area contributed by atoms with E-state index in [-0.39, 0.29) is 56.3 Å². The molecule has 0 rings (SSSR count). The fourth-order valence-electron chi connectivity index (χ4n) is 0. The molecule has 0 bridgehead atoms. The first-order valence-corrected chi connectivity index (χ1v) is 2.88. The molecule has 7 heteroatoms. The molecule has 0 aromatic carbocycles. The smallest absolute Gasteiger partial charge is 0 e. The van der Waals surface area contributed by atoms with Crippen LogP contribution < -0.4 is 0 Å². The van der Waals surface area contributed by atoms with Gasteiger partial charge in [-0.15, -0.1) is 0 Å². The molecule has 0 saturated carbocycles. The summed E-state index contributed by atoms with van der Waals surface area (Å²) in [5.74, 6) is 0. The summed E-state index contributed by atoms with van der Waals surface area (Å²) in [6, 6.07) is 0. The molecule has 0 heterocycles. The summed E-state index contributed by atoms with van der Waals surface area (Å²) in [6.45, 7) is 0. The molecule has 0 aliphatic carbocycles. The van der Waals surface area contributed by atoms with Gasteiger partial charge >= 0.3 is 67.3 Å². The third-order valence-corrected chi connectivity index (χ3v) is 0. The molecule has 0 atom stereocenters. The molecule has 0 unspecified atom stereocenters. The first-order chi connectivity index (χ1) is 2.00. The van der Waals surface area contributed by atoms with E-state index in [0.717, 1.165) is 0 Å². The van der Waals surface area contributed by atoms with Crippen LogP contribution in [0.1, 0.15) is 0 Å². The van der Waals surface area contributed by atoms with Crippen molar-refractivity contribution < 1.29 is 48.1 Å². The summed E-state index contributed by atoms with van der Waals surface area (Å²) in [4.78, 5) is 0. The first-order valence-electron chi connectivity index (χ1n) is 0.698. The topological polar surface area (TPSA) is 74.6 Å². The fraction of sp³-hybridized carbons (Fsp3) is 0. The summed E-state index contributed by atoms with van der Waals surface area (Å²) >= 11 is -5.25. The van der Waals surface area contributed by atoms with Gasteiger partial charge in [0.15, 0.2) is 0 Å². The quantitative estimate of drug-likeness (QED) is 0.443. The van der Waals surface area contributed by atoms with Crippen LogP contribution in [0.3, 0.4) is 0 Å². The molecule has 1 radical (unpaired) electrons. The van der Waals surface area contributed by atoms with E-state index in [9.17, 15) is 0 Å². The second-order valence-electron chi connectivity index (χ2n) is 0.448. The van der Waals surface area contributed by atoms with Crippen molar-refractivity contribution in [2.45, 2.75) is 0 Å². The normalized spacial score (nSPS) is 8.29. The second kappa shape index (κ2) is 6.02. The van der Waals surface area contributed by atoms with Gasteiger partial charge in [-0.25, -0.2) is 0 Å². The summed E-state index contributed by atoms with van der Waals surface area (Å²) in [7, 11) is 0. The second-order valence-corrected chi connectivity index (χ2v) is 1.85. The van der Waals surface area contributed by atoms with Crippen LogP contribution in [0.4, 0.5) is 0 Å². The molecule has 0 aromatic heterocycles. The maximum atomic E-state index is 8.82. The molecule has 4 nitrogen and oxygen atoms in total. The molecule has 0 aliphatic rings. The van der Waals surface area contributed by atoms with E-state index in [1.54, 1.807) is 0 Å². The Bertz CT molecular complexity index is 94.9. The van der Waals surface area contributed by atoms with E-state index in [2.05, 4.69) is 0 Å². The minimum absolute atomic E-state index is 0. The van der Waals surface area contributed by atoms with Gasteiger partial charge in [0, 0.05) is 18.6 Å². The maximum Gasteiger partial charge on any atom is 0 e. The fourth-order valence-corrected chi connectivity index (χ4v) is 0.